The summed E-state index contributed by atoms with van der Waals surface area (Å²) in [5, 5.41) is 10.6. The highest BCUT2D eigenvalue weighted by atomic mass is 31.2. The van der Waals surface area contributed by atoms with Crippen molar-refractivity contribution in [2.75, 3.05) is 39.6 Å². The van der Waals surface area contributed by atoms with Gasteiger partial charge in [-0.1, -0.05) is 238 Å². The zero-order chi connectivity index (χ0) is 71.8. The quantitative estimate of drug-likeness (QED) is 0.0169. The van der Waals surface area contributed by atoms with E-state index in [2.05, 4.69) is 161 Å². The second kappa shape index (κ2) is 70.6. The Labute approximate surface area is 593 Å². The number of allylic oxidation sites excluding steroid dienone is 22. The van der Waals surface area contributed by atoms with E-state index < -0.39 is 97.5 Å². The molecule has 0 aliphatic rings. The molecular weight excluding hydrogens is 1280 g/mol. The van der Waals surface area contributed by atoms with E-state index in [0.717, 1.165) is 167 Å². The molecule has 0 rings (SSSR count). The van der Waals surface area contributed by atoms with Gasteiger partial charge in [0.25, 0.3) is 0 Å². The van der Waals surface area contributed by atoms with Gasteiger partial charge in [0.2, 0.25) is 0 Å². The van der Waals surface area contributed by atoms with Gasteiger partial charge in [0, 0.05) is 25.7 Å². The lowest BCUT2D eigenvalue weighted by molar-refractivity contribution is -0.161. The molecule has 0 saturated heterocycles. The van der Waals surface area contributed by atoms with Crippen molar-refractivity contribution in [1.29, 1.82) is 0 Å². The third kappa shape index (κ3) is 69.7. The molecule has 0 amide bonds. The number of aliphatic hydroxyl groups is 1. The number of phosphoric ester groups is 2. The summed E-state index contributed by atoms with van der Waals surface area (Å²) in [6, 6.07) is 0. The molecule has 0 fully saturated rings. The first kappa shape index (κ1) is 93.2. The summed E-state index contributed by atoms with van der Waals surface area (Å²) >= 11 is 0. The standard InChI is InChI=1S/C79H132O17P2/c1-5-9-13-17-21-25-29-32-35-36-39-41-45-48-52-56-60-64-77(82)90-70-75(96-79(84)66-62-58-54-50-46-42-38-34-31-27-23-19-15-11-7-3)72-94-98(87,88)92-68-73(80)67-91-97(85,86)93-71-74(95-78(83)65-61-57-53-49-43-28-24-20-16-12-8-4)69-89-76(81)63-59-55-51-47-44-40-37-33-30-26-22-18-14-10-6-2/h9,11,13,15,20-27,32-35,37-39,41,46,50,73-75,80H,5-8,10,12,14,16-19,28-31,36,40,42-45,47-49,51-72H2,1-4H3,(H,85,86)(H,87,88)/b13-9-,15-11-,24-20-,25-21-,26-22-,27-23-,35-32-,37-33-,38-34-,41-39-,50-46-. The SMILES string of the molecule is CC/C=C\C/C=C\C/C=C\C/C=C\CCCCCCC(=O)OCC(COP(=O)(O)OCC(O)COP(=O)(O)OCC(COC(=O)CCCCCCC/C=C\C/C=C\CCCCC)OC(=O)CCCCCCC/C=C\CCCC)OC(=O)CCCC/C=C\C/C=C\C/C=C\C/C=C\CC. The highest BCUT2D eigenvalue weighted by Gasteiger charge is 2.30. The average Bonchev–Trinajstić information content (AvgIpc) is 0.986. The van der Waals surface area contributed by atoms with Crippen LogP contribution in [0.4, 0.5) is 0 Å². The number of hydrogen-bond donors (Lipinski definition) is 3. The molecule has 0 heterocycles. The van der Waals surface area contributed by atoms with Crippen LogP contribution in [0.15, 0.2) is 134 Å². The van der Waals surface area contributed by atoms with Gasteiger partial charge in [-0.2, -0.15) is 0 Å². The van der Waals surface area contributed by atoms with E-state index in [0.29, 0.717) is 32.1 Å². The summed E-state index contributed by atoms with van der Waals surface area (Å²) in [4.78, 5) is 72.8. The maximum atomic E-state index is 13.1. The number of rotatable bonds is 69. The van der Waals surface area contributed by atoms with Crippen molar-refractivity contribution in [2.45, 2.75) is 303 Å². The number of aliphatic hydroxyl groups excluding tert-OH is 1. The minimum absolute atomic E-state index is 0.0330. The minimum atomic E-state index is -4.99. The fourth-order valence-corrected chi connectivity index (χ4v) is 11.0. The van der Waals surface area contributed by atoms with Crippen LogP contribution in [-0.4, -0.2) is 96.7 Å². The fraction of sp³-hybridized carbons (Fsp3) is 0.671. The Kier molecular flexibility index (Phi) is 67.2. The summed E-state index contributed by atoms with van der Waals surface area (Å²) in [5.41, 5.74) is 0. The lowest BCUT2D eigenvalue weighted by Crippen LogP contribution is -2.30. The van der Waals surface area contributed by atoms with Gasteiger partial charge in [0.05, 0.1) is 26.4 Å². The number of hydrogen-bond acceptors (Lipinski definition) is 15. The van der Waals surface area contributed by atoms with E-state index in [4.69, 9.17) is 37.0 Å². The molecule has 0 bridgehead atoms. The first-order valence-electron chi connectivity index (χ1n) is 37.4. The Balaban J connectivity index is 5.41. The minimum Gasteiger partial charge on any atom is -0.462 e. The predicted octanol–water partition coefficient (Wildman–Crippen LogP) is 21.3. The molecule has 17 nitrogen and oxygen atoms in total. The molecule has 0 aromatic carbocycles. The molecule has 0 radical (unpaired) electrons. The van der Waals surface area contributed by atoms with Gasteiger partial charge in [-0.3, -0.25) is 37.3 Å². The smallest absolute Gasteiger partial charge is 0.462 e. The van der Waals surface area contributed by atoms with Gasteiger partial charge in [0.15, 0.2) is 12.2 Å². The van der Waals surface area contributed by atoms with Gasteiger partial charge in [0.1, 0.15) is 19.3 Å². The molecular formula is C79H132O17P2. The molecule has 19 heteroatoms. The predicted molar refractivity (Wildman–Crippen MR) is 399 cm³/mol. The first-order chi connectivity index (χ1) is 47.7. The fourth-order valence-electron chi connectivity index (χ4n) is 9.39. The highest BCUT2D eigenvalue weighted by Crippen LogP contribution is 2.45. The Bertz CT molecular complexity index is 2380. The molecule has 5 unspecified atom stereocenters. The number of ether oxygens (including phenoxy) is 4. The van der Waals surface area contributed by atoms with Crippen molar-refractivity contribution in [2.24, 2.45) is 0 Å². The number of phosphoric acid groups is 2. The van der Waals surface area contributed by atoms with Crippen LogP contribution >= 0.6 is 15.6 Å². The summed E-state index contributed by atoms with van der Waals surface area (Å²) in [6.07, 6.45) is 77.4. The number of carbonyl (C=O) groups excluding carboxylic acids is 4. The van der Waals surface area contributed by atoms with Crippen LogP contribution in [0.2, 0.25) is 0 Å². The zero-order valence-electron chi connectivity index (χ0n) is 60.9. The summed E-state index contributed by atoms with van der Waals surface area (Å²) in [5.74, 6) is -2.28. The Morgan fingerprint density at radius 1 is 0.296 bits per heavy atom. The van der Waals surface area contributed by atoms with Crippen molar-refractivity contribution in [3.63, 3.8) is 0 Å². The van der Waals surface area contributed by atoms with Crippen LogP contribution in [-0.2, 0) is 65.4 Å². The average molecular weight is 1420 g/mol. The van der Waals surface area contributed by atoms with E-state index >= 15 is 0 Å². The summed E-state index contributed by atoms with van der Waals surface area (Å²) in [6.45, 7) is 4.46. The number of carbonyl (C=O) groups is 4. The molecule has 0 aromatic heterocycles. The Hall–Kier alpha value is -4.80. The van der Waals surface area contributed by atoms with Crippen LogP contribution in [0, 0.1) is 0 Å². The van der Waals surface area contributed by atoms with Crippen LogP contribution in [0.5, 0.6) is 0 Å². The first-order valence-corrected chi connectivity index (χ1v) is 40.4. The molecule has 560 valence electrons. The molecule has 98 heavy (non-hydrogen) atoms. The van der Waals surface area contributed by atoms with Crippen LogP contribution in [0.3, 0.4) is 0 Å². The second-order valence-electron chi connectivity index (χ2n) is 24.5. The lowest BCUT2D eigenvalue weighted by Gasteiger charge is -2.21. The maximum Gasteiger partial charge on any atom is 0.472 e. The van der Waals surface area contributed by atoms with Gasteiger partial charge < -0.3 is 33.8 Å². The molecule has 5 atom stereocenters. The molecule has 0 aliphatic heterocycles. The highest BCUT2D eigenvalue weighted by molar-refractivity contribution is 7.47. The van der Waals surface area contributed by atoms with Crippen LogP contribution in [0.1, 0.15) is 285 Å². The van der Waals surface area contributed by atoms with Gasteiger partial charge in [-0.15, -0.1) is 0 Å². The van der Waals surface area contributed by atoms with Crippen molar-refractivity contribution in [1.82, 2.24) is 0 Å². The van der Waals surface area contributed by atoms with E-state index in [9.17, 15) is 43.2 Å². The number of unbranched alkanes of at least 4 members (excludes halogenated alkanes) is 21. The van der Waals surface area contributed by atoms with Gasteiger partial charge >= 0.3 is 39.5 Å². The summed E-state index contributed by atoms with van der Waals surface area (Å²) in [7, 11) is -9.98. The molecule has 3 N–H and O–H groups in total. The maximum absolute atomic E-state index is 13.1. The Morgan fingerprint density at radius 3 is 0.878 bits per heavy atom. The molecule has 0 saturated carbocycles. The van der Waals surface area contributed by atoms with E-state index in [-0.39, 0.29) is 25.7 Å². The third-order valence-corrected chi connectivity index (χ3v) is 17.0. The zero-order valence-corrected chi connectivity index (χ0v) is 62.7. The van der Waals surface area contributed by atoms with Crippen molar-refractivity contribution < 1.29 is 80.2 Å². The normalized spacial score (nSPS) is 14.7. The van der Waals surface area contributed by atoms with Crippen LogP contribution < -0.4 is 0 Å². The second-order valence-corrected chi connectivity index (χ2v) is 27.4. The van der Waals surface area contributed by atoms with Crippen molar-refractivity contribution in [3.05, 3.63) is 134 Å². The molecule has 0 spiro atoms. The van der Waals surface area contributed by atoms with Crippen LogP contribution in [0.25, 0.3) is 0 Å². The monoisotopic (exact) mass is 1410 g/mol. The topological polar surface area (TPSA) is 237 Å². The van der Waals surface area contributed by atoms with Gasteiger partial charge in [-0.05, 0) is 154 Å². The Morgan fingerprint density at radius 2 is 0.541 bits per heavy atom. The van der Waals surface area contributed by atoms with E-state index in [1.807, 2.05) is 0 Å². The lowest BCUT2D eigenvalue weighted by atomic mass is 10.1. The van der Waals surface area contributed by atoms with E-state index in [1.54, 1.807) is 0 Å². The largest absolute Gasteiger partial charge is 0.472 e. The molecule has 0 aromatic rings. The van der Waals surface area contributed by atoms with Crippen molar-refractivity contribution in [3.8, 4) is 0 Å². The van der Waals surface area contributed by atoms with Crippen molar-refractivity contribution >= 4 is 39.5 Å². The number of esters is 4. The van der Waals surface area contributed by atoms with E-state index in [1.165, 1.54) is 32.1 Å². The molecule has 0 aliphatic carbocycles. The third-order valence-electron chi connectivity index (χ3n) is 15.1. The summed E-state index contributed by atoms with van der Waals surface area (Å²) < 4.78 is 68.3. The van der Waals surface area contributed by atoms with Gasteiger partial charge in [-0.25, -0.2) is 9.13 Å².